The third-order valence-electron chi connectivity index (χ3n) is 6.41. The molecule has 0 aromatic heterocycles. The second-order valence-electron chi connectivity index (χ2n) is 7.87. The number of nitrogens with zero attached hydrogens (tertiary/aromatic N) is 1. The molecule has 1 aromatic carbocycles. The van der Waals surface area contributed by atoms with Crippen LogP contribution < -0.4 is 15.4 Å². The van der Waals surface area contributed by atoms with Crippen molar-refractivity contribution in [3.05, 3.63) is 24.3 Å². The van der Waals surface area contributed by atoms with Crippen molar-refractivity contribution in [2.24, 2.45) is 16.3 Å². The van der Waals surface area contributed by atoms with Crippen molar-refractivity contribution in [3.63, 3.8) is 0 Å². The van der Waals surface area contributed by atoms with Gasteiger partial charge in [-0.1, -0.05) is 12.5 Å². The molecule has 1 aromatic rings. The zero-order chi connectivity index (χ0) is 18.7. The highest BCUT2D eigenvalue weighted by atomic mass is 16.5. The van der Waals surface area contributed by atoms with Gasteiger partial charge in [0.25, 0.3) is 0 Å². The smallest absolute Gasteiger partial charge is 0.195 e. The summed E-state index contributed by atoms with van der Waals surface area (Å²) in [6, 6.07) is 8.50. The normalized spacial score (nSPS) is 28.2. The summed E-state index contributed by atoms with van der Waals surface area (Å²) < 4.78 is 16.9. The van der Waals surface area contributed by atoms with Crippen molar-refractivity contribution in [1.82, 2.24) is 5.32 Å². The highest BCUT2D eigenvalue weighted by molar-refractivity contribution is 5.94. The maximum atomic E-state index is 6.02. The number of methoxy groups -OCH3 is 1. The molecular weight excluding hydrogens is 342 g/mol. The van der Waals surface area contributed by atoms with Gasteiger partial charge in [-0.05, 0) is 31.4 Å². The first-order valence-corrected chi connectivity index (χ1v) is 10.1. The standard InChI is InChI=1S/C21H31N3O3/c1-22-20(23-15-6-3-7-16(14-15)26-12-5-11-25-2)24-18-17-8-13-27-19(17)21(18)9-4-10-21/h3,6-7,14,17-19H,4-5,8-13H2,1-2H3,(H2,22,23,24). The van der Waals surface area contributed by atoms with Gasteiger partial charge in [0.15, 0.2) is 5.96 Å². The van der Waals surface area contributed by atoms with E-state index < -0.39 is 0 Å². The number of fused-ring (bicyclic) bond motifs is 2. The molecule has 3 aliphatic rings. The number of aliphatic imine (C=N–C) groups is 1. The highest BCUT2D eigenvalue weighted by Gasteiger charge is 2.66. The van der Waals surface area contributed by atoms with E-state index in [0.717, 1.165) is 36.8 Å². The summed E-state index contributed by atoms with van der Waals surface area (Å²) >= 11 is 0. The van der Waals surface area contributed by atoms with Gasteiger partial charge in [-0.3, -0.25) is 4.99 Å². The van der Waals surface area contributed by atoms with Crippen molar-refractivity contribution in [2.45, 2.75) is 44.2 Å². The molecule has 1 spiro atoms. The van der Waals surface area contributed by atoms with E-state index in [1.54, 1.807) is 7.11 Å². The van der Waals surface area contributed by atoms with E-state index in [1.165, 1.54) is 19.3 Å². The second kappa shape index (κ2) is 8.07. The Morgan fingerprint density at radius 2 is 2.22 bits per heavy atom. The minimum atomic E-state index is 0.338. The third-order valence-corrected chi connectivity index (χ3v) is 6.41. The predicted molar refractivity (Wildman–Crippen MR) is 106 cm³/mol. The van der Waals surface area contributed by atoms with Crippen LogP contribution in [0.15, 0.2) is 29.3 Å². The average Bonchev–Trinajstić information content (AvgIpc) is 3.06. The van der Waals surface area contributed by atoms with Gasteiger partial charge in [-0.2, -0.15) is 0 Å². The summed E-state index contributed by atoms with van der Waals surface area (Å²) in [7, 11) is 3.54. The molecule has 27 heavy (non-hydrogen) atoms. The number of rotatable bonds is 7. The van der Waals surface area contributed by atoms with Gasteiger partial charge in [0, 0.05) is 62.9 Å². The van der Waals surface area contributed by atoms with Crippen LogP contribution in [0.4, 0.5) is 5.69 Å². The molecule has 2 N–H and O–H groups in total. The molecule has 3 fully saturated rings. The van der Waals surface area contributed by atoms with Crippen molar-refractivity contribution in [1.29, 1.82) is 0 Å². The van der Waals surface area contributed by atoms with Crippen molar-refractivity contribution >= 4 is 11.6 Å². The first-order valence-electron chi connectivity index (χ1n) is 10.1. The molecule has 0 amide bonds. The van der Waals surface area contributed by atoms with Crippen LogP contribution in [0.3, 0.4) is 0 Å². The highest BCUT2D eigenvalue weighted by Crippen LogP contribution is 2.62. The van der Waals surface area contributed by atoms with Crippen LogP contribution in [0.25, 0.3) is 0 Å². The number of guanidine groups is 1. The van der Waals surface area contributed by atoms with Gasteiger partial charge in [-0.25, -0.2) is 0 Å². The summed E-state index contributed by atoms with van der Waals surface area (Å²) in [6.07, 6.45) is 6.36. The molecule has 1 aliphatic heterocycles. The number of nitrogens with one attached hydrogen (secondary N) is 2. The monoisotopic (exact) mass is 373 g/mol. The van der Waals surface area contributed by atoms with E-state index in [4.69, 9.17) is 14.2 Å². The molecule has 2 saturated carbocycles. The fourth-order valence-electron chi connectivity index (χ4n) is 4.95. The van der Waals surface area contributed by atoms with Crippen LogP contribution in [0.5, 0.6) is 5.75 Å². The summed E-state index contributed by atoms with van der Waals surface area (Å²) in [4.78, 5) is 4.46. The van der Waals surface area contributed by atoms with Gasteiger partial charge in [0.2, 0.25) is 0 Å². The Morgan fingerprint density at radius 1 is 1.33 bits per heavy atom. The molecule has 6 nitrogen and oxygen atoms in total. The lowest BCUT2D eigenvalue weighted by Gasteiger charge is -2.63. The van der Waals surface area contributed by atoms with E-state index in [2.05, 4.69) is 15.6 Å². The number of hydrogen-bond acceptors (Lipinski definition) is 4. The van der Waals surface area contributed by atoms with Gasteiger partial charge in [0.1, 0.15) is 5.75 Å². The minimum absolute atomic E-state index is 0.338. The number of benzene rings is 1. The van der Waals surface area contributed by atoms with Crippen LogP contribution in [0.1, 0.15) is 32.1 Å². The van der Waals surface area contributed by atoms with Crippen LogP contribution in [-0.2, 0) is 9.47 Å². The zero-order valence-electron chi connectivity index (χ0n) is 16.4. The molecular formula is C21H31N3O3. The Labute approximate surface area is 161 Å². The minimum Gasteiger partial charge on any atom is -0.493 e. The lowest BCUT2D eigenvalue weighted by molar-refractivity contribution is -0.171. The van der Waals surface area contributed by atoms with E-state index in [1.807, 2.05) is 31.3 Å². The van der Waals surface area contributed by atoms with Gasteiger partial charge in [-0.15, -0.1) is 0 Å². The molecule has 3 unspecified atom stereocenters. The van der Waals surface area contributed by atoms with Crippen molar-refractivity contribution < 1.29 is 14.2 Å². The molecule has 6 heteroatoms. The van der Waals surface area contributed by atoms with E-state index in [0.29, 0.717) is 36.7 Å². The van der Waals surface area contributed by atoms with Crippen LogP contribution in [0, 0.1) is 11.3 Å². The summed E-state index contributed by atoms with van der Waals surface area (Å²) in [5, 5.41) is 7.13. The Balaban J connectivity index is 1.35. The van der Waals surface area contributed by atoms with Crippen LogP contribution in [-0.4, -0.2) is 52.1 Å². The Hall–Kier alpha value is -1.79. The zero-order valence-corrected chi connectivity index (χ0v) is 16.4. The van der Waals surface area contributed by atoms with Crippen molar-refractivity contribution in [3.8, 4) is 5.75 Å². The molecule has 0 radical (unpaired) electrons. The lowest BCUT2D eigenvalue weighted by Crippen LogP contribution is -2.72. The predicted octanol–water partition coefficient (Wildman–Crippen LogP) is 3.05. The first-order chi connectivity index (χ1) is 13.3. The topological polar surface area (TPSA) is 64.1 Å². The third kappa shape index (κ3) is 3.52. The molecule has 148 valence electrons. The van der Waals surface area contributed by atoms with Crippen LogP contribution >= 0.6 is 0 Å². The molecule has 3 atom stereocenters. The summed E-state index contributed by atoms with van der Waals surface area (Å²) in [5.74, 6) is 2.31. The Kier molecular flexibility index (Phi) is 5.55. The molecule has 0 bridgehead atoms. The number of hydrogen-bond donors (Lipinski definition) is 2. The summed E-state index contributed by atoms with van der Waals surface area (Å²) in [5.41, 5.74) is 1.32. The first kappa shape index (κ1) is 18.6. The molecule has 2 aliphatic carbocycles. The van der Waals surface area contributed by atoms with Gasteiger partial charge < -0.3 is 24.8 Å². The maximum absolute atomic E-state index is 6.02. The molecule has 1 heterocycles. The van der Waals surface area contributed by atoms with Gasteiger partial charge >= 0.3 is 0 Å². The second-order valence-corrected chi connectivity index (χ2v) is 7.87. The Morgan fingerprint density at radius 3 is 2.96 bits per heavy atom. The van der Waals surface area contributed by atoms with Crippen molar-refractivity contribution in [2.75, 3.05) is 39.3 Å². The maximum Gasteiger partial charge on any atom is 0.195 e. The average molecular weight is 373 g/mol. The SMILES string of the molecule is CN=C(Nc1cccc(OCCCOC)c1)NC1C2CCOC2C12CCC2. The van der Waals surface area contributed by atoms with Crippen LogP contribution in [0.2, 0.25) is 0 Å². The van der Waals surface area contributed by atoms with E-state index in [-0.39, 0.29) is 0 Å². The molecule has 1 saturated heterocycles. The molecule has 4 rings (SSSR count). The number of anilines is 1. The van der Waals surface area contributed by atoms with E-state index >= 15 is 0 Å². The fourth-order valence-corrected chi connectivity index (χ4v) is 4.95. The quantitative estimate of drug-likeness (QED) is 0.437. The van der Waals surface area contributed by atoms with E-state index in [9.17, 15) is 0 Å². The van der Waals surface area contributed by atoms with Gasteiger partial charge in [0.05, 0.1) is 12.7 Å². The lowest BCUT2D eigenvalue weighted by atomic mass is 9.46. The fraction of sp³-hybridized carbons (Fsp3) is 0.667. The Bertz CT molecular complexity index is 674. The number of ether oxygens (including phenoxy) is 3. The summed E-state index contributed by atoms with van der Waals surface area (Å²) in [6.45, 7) is 2.27. The largest absolute Gasteiger partial charge is 0.493 e.